The smallest absolute Gasteiger partial charge is 0.335 e. The van der Waals surface area contributed by atoms with Gasteiger partial charge >= 0.3 is 6.03 Å². The van der Waals surface area contributed by atoms with Crippen LogP contribution in [0.15, 0.2) is 50.9 Å². The van der Waals surface area contributed by atoms with Crippen LogP contribution in [0.5, 0.6) is 11.5 Å². The summed E-state index contributed by atoms with van der Waals surface area (Å²) in [6, 6.07) is 9.06. The van der Waals surface area contributed by atoms with Crippen molar-refractivity contribution in [1.82, 2.24) is 5.32 Å². The summed E-state index contributed by atoms with van der Waals surface area (Å²) in [6.45, 7) is 2.22. The van der Waals surface area contributed by atoms with E-state index in [4.69, 9.17) is 9.47 Å². The standard InChI is InChI=1S/C20H16Br2N2O5/c1-3-29-17-11(8-12(21)10-16(17)22)9-15-18(25)23-20(27)24(19(15)26)13-4-6-14(28-2)7-5-13/h4-10H,3H2,1-2H3,(H,23,25,27)/b15-9+. The van der Waals surface area contributed by atoms with E-state index in [2.05, 4.69) is 37.2 Å². The molecule has 0 bridgehead atoms. The van der Waals surface area contributed by atoms with Crippen molar-refractivity contribution in [2.75, 3.05) is 18.6 Å². The number of ether oxygens (including phenoxy) is 2. The minimum atomic E-state index is -0.817. The van der Waals surface area contributed by atoms with Crippen LogP contribution in [0.25, 0.3) is 6.08 Å². The fraction of sp³-hybridized carbons (Fsp3) is 0.150. The third kappa shape index (κ3) is 4.35. The number of carbonyl (C=O) groups is 3. The zero-order chi connectivity index (χ0) is 21.1. The first-order valence-electron chi connectivity index (χ1n) is 8.53. The van der Waals surface area contributed by atoms with Crippen LogP contribution in [0.3, 0.4) is 0 Å². The molecule has 0 radical (unpaired) electrons. The molecular formula is C20H16Br2N2O5. The van der Waals surface area contributed by atoms with Crippen LogP contribution in [-0.2, 0) is 9.59 Å². The van der Waals surface area contributed by atoms with Gasteiger partial charge in [-0.25, -0.2) is 9.69 Å². The number of urea groups is 1. The second kappa shape index (κ2) is 8.79. The highest BCUT2D eigenvalue weighted by molar-refractivity contribution is 9.11. The normalized spacial score (nSPS) is 15.5. The number of rotatable bonds is 5. The van der Waals surface area contributed by atoms with Crippen molar-refractivity contribution in [2.45, 2.75) is 6.92 Å². The van der Waals surface area contributed by atoms with Crippen molar-refractivity contribution >= 4 is 61.5 Å². The number of amides is 4. The Hall–Kier alpha value is -2.65. The third-order valence-electron chi connectivity index (χ3n) is 4.06. The van der Waals surface area contributed by atoms with Crippen molar-refractivity contribution < 1.29 is 23.9 Å². The summed E-state index contributed by atoms with van der Waals surface area (Å²) in [4.78, 5) is 38.7. The predicted molar refractivity (Wildman–Crippen MR) is 115 cm³/mol. The van der Waals surface area contributed by atoms with Crippen LogP contribution in [-0.4, -0.2) is 31.6 Å². The lowest BCUT2D eigenvalue weighted by atomic mass is 10.1. The fourth-order valence-corrected chi connectivity index (χ4v) is 4.14. The molecule has 1 aliphatic heterocycles. The van der Waals surface area contributed by atoms with Crippen molar-refractivity contribution in [3.63, 3.8) is 0 Å². The fourth-order valence-electron chi connectivity index (χ4n) is 2.76. The Morgan fingerprint density at radius 3 is 2.41 bits per heavy atom. The summed E-state index contributed by atoms with van der Waals surface area (Å²) in [6.07, 6.45) is 1.40. The zero-order valence-electron chi connectivity index (χ0n) is 15.5. The van der Waals surface area contributed by atoms with E-state index in [1.54, 1.807) is 36.4 Å². The second-order valence-electron chi connectivity index (χ2n) is 5.89. The highest BCUT2D eigenvalue weighted by Crippen LogP contribution is 2.35. The van der Waals surface area contributed by atoms with Crippen LogP contribution in [0.2, 0.25) is 0 Å². The summed E-state index contributed by atoms with van der Waals surface area (Å²) < 4.78 is 12.1. The van der Waals surface area contributed by atoms with E-state index >= 15 is 0 Å². The number of hydrogen-bond acceptors (Lipinski definition) is 5. The SMILES string of the molecule is CCOc1c(Br)cc(Br)cc1/C=C1\C(=O)NC(=O)N(c2ccc(OC)cc2)C1=O. The van der Waals surface area contributed by atoms with Gasteiger partial charge in [-0.3, -0.25) is 14.9 Å². The highest BCUT2D eigenvalue weighted by Gasteiger charge is 2.37. The number of halogens is 2. The van der Waals surface area contributed by atoms with Gasteiger partial charge in [0, 0.05) is 10.0 Å². The van der Waals surface area contributed by atoms with Crippen molar-refractivity contribution in [1.29, 1.82) is 0 Å². The number of nitrogens with zero attached hydrogens (tertiary/aromatic N) is 1. The Morgan fingerprint density at radius 2 is 1.79 bits per heavy atom. The van der Waals surface area contributed by atoms with Gasteiger partial charge in [-0.05, 0) is 65.3 Å². The maximum absolute atomic E-state index is 13.0. The summed E-state index contributed by atoms with van der Waals surface area (Å²) in [5, 5.41) is 2.20. The molecule has 0 aliphatic carbocycles. The molecule has 0 saturated carbocycles. The van der Waals surface area contributed by atoms with Crippen LogP contribution in [0.4, 0.5) is 10.5 Å². The van der Waals surface area contributed by atoms with E-state index in [-0.39, 0.29) is 5.57 Å². The van der Waals surface area contributed by atoms with E-state index in [0.717, 1.165) is 9.37 Å². The summed E-state index contributed by atoms with van der Waals surface area (Å²) in [5.74, 6) is -0.451. The van der Waals surface area contributed by atoms with Gasteiger partial charge in [-0.1, -0.05) is 15.9 Å². The molecule has 9 heteroatoms. The van der Waals surface area contributed by atoms with Gasteiger partial charge in [0.1, 0.15) is 17.1 Å². The molecule has 29 heavy (non-hydrogen) atoms. The molecule has 4 amide bonds. The van der Waals surface area contributed by atoms with Crippen LogP contribution in [0.1, 0.15) is 12.5 Å². The van der Waals surface area contributed by atoms with E-state index < -0.39 is 17.8 Å². The lowest BCUT2D eigenvalue weighted by Crippen LogP contribution is -2.54. The molecule has 0 atom stereocenters. The molecule has 1 heterocycles. The highest BCUT2D eigenvalue weighted by atomic mass is 79.9. The number of barbiturate groups is 1. The lowest BCUT2D eigenvalue weighted by Gasteiger charge is -2.26. The Bertz CT molecular complexity index is 1020. The van der Waals surface area contributed by atoms with Gasteiger partial charge < -0.3 is 9.47 Å². The number of hydrogen-bond donors (Lipinski definition) is 1. The first-order chi connectivity index (χ1) is 13.8. The van der Waals surface area contributed by atoms with Gasteiger partial charge in [0.15, 0.2) is 0 Å². The number of anilines is 1. The van der Waals surface area contributed by atoms with Crippen LogP contribution < -0.4 is 19.7 Å². The molecule has 150 valence electrons. The number of benzene rings is 2. The zero-order valence-corrected chi connectivity index (χ0v) is 18.7. The summed E-state index contributed by atoms with van der Waals surface area (Å²) in [5.41, 5.74) is 0.633. The molecule has 2 aromatic rings. The molecule has 7 nitrogen and oxygen atoms in total. The van der Waals surface area contributed by atoms with E-state index in [9.17, 15) is 14.4 Å². The molecule has 2 aromatic carbocycles. The molecule has 1 N–H and O–H groups in total. The molecule has 1 fully saturated rings. The molecule has 1 aliphatic rings. The largest absolute Gasteiger partial charge is 0.497 e. The molecule has 0 unspecified atom stereocenters. The van der Waals surface area contributed by atoms with Gasteiger partial charge in [0.05, 0.1) is 23.9 Å². The quantitative estimate of drug-likeness (QED) is 0.467. The average Bonchev–Trinajstić information content (AvgIpc) is 2.68. The lowest BCUT2D eigenvalue weighted by molar-refractivity contribution is -0.122. The minimum Gasteiger partial charge on any atom is -0.497 e. The topological polar surface area (TPSA) is 84.9 Å². The Labute approximate surface area is 183 Å². The van der Waals surface area contributed by atoms with Crippen molar-refractivity contribution in [2.24, 2.45) is 0 Å². The van der Waals surface area contributed by atoms with Crippen LogP contribution in [0, 0.1) is 0 Å². The van der Waals surface area contributed by atoms with E-state index in [0.29, 0.717) is 33.8 Å². The monoisotopic (exact) mass is 522 g/mol. The van der Waals surface area contributed by atoms with E-state index in [1.165, 1.54) is 13.2 Å². The number of imide groups is 2. The Balaban J connectivity index is 2.06. The van der Waals surface area contributed by atoms with Crippen molar-refractivity contribution in [3.8, 4) is 11.5 Å². The molecule has 1 saturated heterocycles. The van der Waals surface area contributed by atoms with Crippen molar-refractivity contribution in [3.05, 3.63) is 56.5 Å². The van der Waals surface area contributed by atoms with Gasteiger partial charge in [-0.15, -0.1) is 0 Å². The Morgan fingerprint density at radius 1 is 1.10 bits per heavy atom. The third-order valence-corrected chi connectivity index (χ3v) is 5.10. The van der Waals surface area contributed by atoms with Gasteiger partial charge in [0.25, 0.3) is 11.8 Å². The van der Waals surface area contributed by atoms with Gasteiger partial charge in [0.2, 0.25) is 0 Å². The Kier molecular flexibility index (Phi) is 6.39. The number of methoxy groups -OCH3 is 1. The van der Waals surface area contributed by atoms with E-state index in [1.807, 2.05) is 6.92 Å². The van der Waals surface area contributed by atoms with Gasteiger partial charge in [-0.2, -0.15) is 0 Å². The first-order valence-corrected chi connectivity index (χ1v) is 10.1. The minimum absolute atomic E-state index is 0.189. The molecule has 3 rings (SSSR count). The maximum Gasteiger partial charge on any atom is 0.335 e. The predicted octanol–water partition coefficient (Wildman–Crippen LogP) is 4.29. The second-order valence-corrected chi connectivity index (χ2v) is 7.66. The average molecular weight is 524 g/mol. The maximum atomic E-state index is 13.0. The number of nitrogens with one attached hydrogen (secondary N) is 1. The number of carbonyl (C=O) groups excluding carboxylic acids is 3. The van der Waals surface area contributed by atoms with Crippen LogP contribution >= 0.6 is 31.9 Å². The summed E-state index contributed by atoms with van der Waals surface area (Å²) >= 11 is 6.81. The molecule has 0 aromatic heterocycles. The molecular weight excluding hydrogens is 508 g/mol. The summed E-state index contributed by atoms with van der Waals surface area (Å²) in [7, 11) is 1.51. The first kappa shape index (κ1) is 21.1. The molecule has 0 spiro atoms.